The number of ether oxygens (including phenoxy) is 3. The Morgan fingerprint density at radius 1 is 1.00 bits per heavy atom. The van der Waals surface area contributed by atoms with Crippen LogP contribution in [0.1, 0.15) is 68.3 Å². The maximum atomic E-state index is 13.8. The SMILES string of the molecule is COCCCOc1cc(C(=O)N(C(C)C)[C@@H]2CC[C@H](CCN(C(=O)Cc3ccncc3)C3CC3)NC2)ccc1OC.O=C(O)C(F)(F)F. The molecule has 266 valence electrons. The second kappa shape index (κ2) is 18.6. The van der Waals surface area contributed by atoms with E-state index in [1.165, 1.54) is 0 Å². The van der Waals surface area contributed by atoms with E-state index in [0.29, 0.717) is 48.8 Å². The lowest BCUT2D eigenvalue weighted by molar-refractivity contribution is -0.192. The van der Waals surface area contributed by atoms with Crippen molar-refractivity contribution in [3.8, 4) is 11.5 Å². The topological polar surface area (TPSA) is 131 Å². The first-order valence-corrected chi connectivity index (χ1v) is 16.2. The van der Waals surface area contributed by atoms with Crippen molar-refractivity contribution in [2.24, 2.45) is 0 Å². The van der Waals surface area contributed by atoms with Gasteiger partial charge in [0.05, 0.1) is 20.1 Å². The average Bonchev–Trinajstić information content (AvgIpc) is 3.89. The van der Waals surface area contributed by atoms with Crippen LogP contribution in [-0.4, -0.2) is 109 Å². The third-order valence-corrected chi connectivity index (χ3v) is 8.21. The summed E-state index contributed by atoms with van der Waals surface area (Å²) in [5.41, 5.74) is 1.60. The number of methoxy groups -OCH3 is 2. The number of hydrogen-bond donors (Lipinski definition) is 2. The van der Waals surface area contributed by atoms with Gasteiger partial charge in [-0.25, -0.2) is 4.79 Å². The molecule has 0 unspecified atom stereocenters. The summed E-state index contributed by atoms with van der Waals surface area (Å²) < 4.78 is 48.2. The minimum Gasteiger partial charge on any atom is -0.493 e. The van der Waals surface area contributed by atoms with Crippen LogP contribution < -0.4 is 14.8 Å². The highest BCUT2D eigenvalue weighted by Gasteiger charge is 2.38. The van der Waals surface area contributed by atoms with Gasteiger partial charge in [-0.1, -0.05) is 0 Å². The molecule has 2 atom stereocenters. The third-order valence-electron chi connectivity index (χ3n) is 8.21. The van der Waals surface area contributed by atoms with Crippen LogP contribution in [0.15, 0.2) is 42.7 Å². The fourth-order valence-corrected chi connectivity index (χ4v) is 5.63. The number of carboxylic acids is 1. The van der Waals surface area contributed by atoms with E-state index in [9.17, 15) is 22.8 Å². The van der Waals surface area contributed by atoms with E-state index in [-0.39, 0.29) is 23.9 Å². The normalized spacial score (nSPS) is 17.6. The summed E-state index contributed by atoms with van der Waals surface area (Å²) >= 11 is 0. The Bertz CT molecular complexity index is 1320. The van der Waals surface area contributed by atoms with Crippen LogP contribution >= 0.6 is 0 Å². The molecular formula is C34H47F3N4O7. The van der Waals surface area contributed by atoms with E-state index < -0.39 is 12.1 Å². The van der Waals surface area contributed by atoms with Crippen molar-refractivity contribution in [1.29, 1.82) is 0 Å². The number of nitrogens with zero attached hydrogens (tertiary/aromatic N) is 3. The maximum Gasteiger partial charge on any atom is 0.490 e. The van der Waals surface area contributed by atoms with Gasteiger partial charge in [0.15, 0.2) is 11.5 Å². The molecule has 2 heterocycles. The van der Waals surface area contributed by atoms with E-state index >= 15 is 0 Å². The minimum atomic E-state index is -5.08. The third kappa shape index (κ3) is 12.0. The summed E-state index contributed by atoms with van der Waals surface area (Å²) in [5.74, 6) is -1.38. The van der Waals surface area contributed by atoms with Crippen LogP contribution in [0, 0.1) is 0 Å². The van der Waals surface area contributed by atoms with Crippen LogP contribution in [0.5, 0.6) is 11.5 Å². The van der Waals surface area contributed by atoms with Crippen LogP contribution in [0.3, 0.4) is 0 Å². The van der Waals surface area contributed by atoms with Gasteiger partial charge in [0.1, 0.15) is 0 Å². The highest BCUT2D eigenvalue weighted by atomic mass is 19.4. The molecule has 1 saturated heterocycles. The lowest BCUT2D eigenvalue weighted by Crippen LogP contribution is -2.54. The van der Waals surface area contributed by atoms with Gasteiger partial charge in [0.2, 0.25) is 5.91 Å². The standard InChI is InChI=1S/C32H46N4O5.C2HF3O2/c1-23(2)36(32(38)25-6-11-29(40-4)30(21-25)41-19-5-18-39-3)28-8-7-26(34-22-28)14-17-35(27-9-10-27)31(37)20-24-12-15-33-16-13-24;3-2(4,5)1(6)7/h6,11-13,15-16,21,23,26-28,34H,5,7-10,14,17-20,22H2,1-4H3;(H,6,7)/t26-,28-;/m1./s1. The minimum absolute atomic E-state index is 0.00346. The van der Waals surface area contributed by atoms with Gasteiger partial charge in [0, 0.05) is 75.4 Å². The molecule has 48 heavy (non-hydrogen) atoms. The van der Waals surface area contributed by atoms with Crippen LogP contribution in [0.25, 0.3) is 0 Å². The molecule has 1 aromatic carbocycles. The predicted octanol–water partition coefficient (Wildman–Crippen LogP) is 4.73. The number of halogens is 3. The lowest BCUT2D eigenvalue weighted by Gasteiger charge is -2.40. The Labute approximate surface area is 279 Å². The van der Waals surface area contributed by atoms with E-state index in [1.54, 1.807) is 38.7 Å². The van der Waals surface area contributed by atoms with E-state index in [4.69, 9.17) is 24.1 Å². The van der Waals surface area contributed by atoms with Crippen molar-refractivity contribution in [2.45, 2.75) is 89.1 Å². The van der Waals surface area contributed by atoms with Gasteiger partial charge in [0.25, 0.3) is 5.91 Å². The number of pyridine rings is 1. The number of piperidine rings is 1. The second-order valence-electron chi connectivity index (χ2n) is 12.1. The number of carbonyl (C=O) groups is 3. The largest absolute Gasteiger partial charge is 0.493 e. The van der Waals surface area contributed by atoms with Crippen molar-refractivity contribution < 1.29 is 46.9 Å². The van der Waals surface area contributed by atoms with Crippen LogP contribution in [0.2, 0.25) is 0 Å². The molecule has 1 aliphatic heterocycles. The van der Waals surface area contributed by atoms with E-state index in [0.717, 1.165) is 57.2 Å². The number of alkyl halides is 3. The summed E-state index contributed by atoms with van der Waals surface area (Å²) in [4.78, 5) is 43.8. The van der Waals surface area contributed by atoms with Gasteiger partial charge in [-0.15, -0.1) is 0 Å². The van der Waals surface area contributed by atoms with Crippen molar-refractivity contribution in [1.82, 2.24) is 20.1 Å². The number of benzene rings is 1. The molecule has 1 aliphatic carbocycles. The smallest absolute Gasteiger partial charge is 0.490 e. The van der Waals surface area contributed by atoms with Crippen molar-refractivity contribution in [2.75, 3.05) is 40.5 Å². The molecule has 1 saturated carbocycles. The molecular weight excluding hydrogens is 633 g/mol. The molecule has 2 aromatic rings. The maximum absolute atomic E-state index is 13.8. The quantitative estimate of drug-likeness (QED) is 0.257. The Kier molecular flexibility index (Phi) is 14.9. The van der Waals surface area contributed by atoms with Gasteiger partial charge < -0.3 is 34.4 Å². The predicted molar refractivity (Wildman–Crippen MR) is 172 cm³/mol. The fraction of sp³-hybridized carbons (Fsp3) is 0.588. The van der Waals surface area contributed by atoms with Gasteiger partial charge in [-0.2, -0.15) is 13.2 Å². The molecule has 1 aromatic heterocycles. The Morgan fingerprint density at radius 2 is 1.67 bits per heavy atom. The average molecular weight is 681 g/mol. The van der Waals surface area contributed by atoms with Crippen molar-refractivity contribution in [3.63, 3.8) is 0 Å². The zero-order chi connectivity index (χ0) is 35.3. The van der Waals surface area contributed by atoms with Crippen molar-refractivity contribution in [3.05, 3.63) is 53.9 Å². The van der Waals surface area contributed by atoms with Gasteiger partial charge >= 0.3 is 12.1 Å². The van der Waals surface area contributed by atoms with Crippen LogP contribution in [0.4, 0.5) is 13.2 Å². The number of carbonyl (C=O) groups excluding carboxylic acids is 2. The first kappa shape index (κ1) is 38.5. The summed E-state index contributed by atoms with van der Waals surface area (Å²) in [6.07, 6.45) is 4.58. The van der Waals surface area contributed by atoms with Crippen molar-refractivity contribution >= 4 is 17.8 Å². The van der Waals surface area contributed by atoms with E-state index in [2.05, 4.69) is 29.0 Å². The molecule has 11 nitrogen and oxygen atoms in total. The van der Waals surface area contributed by atoms with Crippen LogP contribution in [-0.2, 0) is 20.7 Å². The molecule has 0 radical (unpaired) electrons. The highest BCUT2D eigenvalue weighted by Crippen LogP contribution is 2.31. The van der Waals surface area contributed by atoms with E-state index in [1.807, 2.05) is 23.1 Å². The zero-order valence-electron chi connectivity index (χ0n) is 28.0. The number of hydrogen-bond acceptors (Lipinski definition) is 8. The Balaban J connectivity index is 0.000000804. The monoisotopic (exact) mass is 680 g/mol. The summed E-state index contributed by atoms with van der Waals surface area (Å²) in [6.45, 7) is 6.73. The summed E-state index contributed by atoms with van der Waals surface area (Å²) in [5, 5.41) is 10.8. The zero-order valence-corrected chi connectivity index (χ0v) is 28.0. The summed E-state index contributed by atoms with van der Waals surface area (Å²) in [7, 11) is 3.27. The van der Waals surface area contributed by atoms with Gasteiger partial charge in [-0.05, 0) is 81.8 Å². The highest BCUT2D eigenvalue weighted by molar-refractivity contribution is 5.95. The Hall–Kier alpha value is -3.91. The number of rotatable bonds is 15. The lowest BCUT2D eigenvalue weighted by atomic mass is 9.95. The number of nitrogens with one attached hydrogen (secondary N) is 1. The molecule has 2 aliphatic rings. The number of aliphatic carboxylic acids is 1. The summed E-state index contributed by atoms with van der Waals surface area (Å²) in [6, 6.07) is 10.1. The fourth-order valence-electron chi connectivity index (χ4n) is 5.63. The number of amides is 2. The molecule has 0 bridgehead atoms. The molecule has 0 spiro atoms. The molecule has 4 rings (SSSR count). The van der Waals surface area contributed by atoms with Gasteiger partial charge in [-0.3, -0.25) is 14.6 Å². The first-order chi connectivity index (χ1) is 22.8. The molecule has 2 fully saturated rings. The second-order valence-corrected chi connectivity index (χ2v) is 12.1. The Morgan fingerprint density at radius 3 is 2.21 bits per heavy atom. The molecule has 2 N–H and O–H groups in total. The molecule has 2 amide bonds. The number of aromatic nitrogens is 1. The first-order valence-electron chi connectivity index (χ1n) is 16.2. The number of carboxylic acid groups (broad SMARTS) is 1. The molecule has 14 heteroatoms.